The SMILES string of the molecule is CC.CSCC(=O)NC=O.Cc1ccc(OCc2nc3ccc(Oc4ccccc4C)cc3n2C)cc1. The first kappa shape index (κ1) is 29.5. The van der Waals surface area contributed by atoms with E-state index in [1.165, 1.54) is 17.3 Å². The van der Waals surface area contributed by atoms with E-state index in [0.29, 0.717) is 18.8 Å². The highest BCUT2D eigenvalue weighted by Crippen LogP contribution is 2.28. The summed E-state index contributed by atoms with van der Waals surface area (Å²) in [4.78, 5) is 24.5. The van der Waals surface area contributed by atoms with E-state index in [0.717, 1.165) is 39.7 Å². The molecule has 3 aromatic carbocycles. The van der Waals surface area contributed by atoms with Gasteiger partial charge in [0.15, 0.2) is 0 Å². The molecule has 0 saturated carbocycles. The minimum Gasteiger partial charge on any atom is -0.486 e. The summed E-state index contributed by atoms with van der Waals surface area (Å²) in [5.41, 5.74) is 4.27. The van der Waals surface area contributed by atoms with Crippen LogP contribution in [0.4, 0.5) is 0 Å². The van der Waals surface area contributed by atoms with Crippen LogP contribution in [0.3, 0.4) is 0 Å². The first-order chi connectivity index (χ1) is 17.9. The molecule has 196 valence electrons. The first-order valence-corrected chi connectivity index (χ1v) is 13.4. The van der Waals surface area contributed by atoms with Gasteiger partial charge in [0.1, 0.15) is 29.7 Å². The molecule has 0 radical (unpaired) electrons. The van der Waals surface area contributed by atoms with Crippen LogP contribution >= 0.6 is 11.8 Å². The summed E-state index contributed by atoms with van der Waals surface area (Å²) in [6.45, 7) is 8.52. The second-order valence-corrected chi connectivity index (χ2v) is 8.69. The van der Waals surface area contributed by atoms with Crippen LogP contribution in [0, 0.1) is 13.8 Å². The Morgan fingerprint density at radius 2 is 1.70 bits per heavy atom. The summed E-state index contributed by atoms with van der Waals surface area (Å²) in [6, 6.07) is 22.0. The number of hydrogen-bond acceptors (Lipinski definition) is 6. The van der Waals surface area contributed by atoms with Gasteiger partial charge in [-0.15, -0.1) is 0 Å². The van der Waals surface area contributed by atoms with Crippen molar-refractivity contribution in [1.29, 1.82) is 0 Å². The number of imidazole rings is 1. The number of aromatic nitrogens is 2. The molecule has 37 heavy (non-hydrogen) atoms. The van der Waals surface area contributed by atoms with E-state index in [4.69, 9.17) is 14.5 Å². The lowest BCUT2D eigenvalue weighted by atomic mass is 10.2. The molecule has 4 rings (SSSR count). The predicted molar refractivity (Wildman–Crippen MR) is 151 cm³/mol. The standard InChI is InChI=1S/C23H22N2O2.C4H7NO2S.C2H6/c1-16-8-10-18(11-9-16)26-15-23-24-20-13-12-19(14-21(20)25(23)3)27-22-7-5-4-6-17(22)2;1-8-2-4(7)5-3-6;1-2/h4-14H,15H2,1-3H3;3H,2H2,1H3,(H,5,6,7);1-2H3. The number of rotatable bonds is 8. The molecule has 0 fully saturated rings. The second-order valence-electron chi connectivity index (χ2n) is 7.83. The van der Waals surface area contributed by atoms with Gasteiger partial charge in [-0.25, -0.2) is 4.98 Å². The van der Waals surface area contributed by atoms with Crippen molar-refractivity contribution in [3.05, 3.63) is 83.7 Å². The molecule has 8 heteroatoms. The lowest BCUT2D eigenvalue weighted by Gasteiger charge is -2.09. The Balaban J connectivity index is 0.000000414. The van der Waals surface area contributed by atoms with Gasteiger partial charge in [0.2, 0.25) is 12.3 Å². The van der Waals surface area contributed by atoms with Crippen molar-refractivity contribution in [2.45, 2.75) is 34.3 Å². The molecule has 0 aliphatic carbocycles. The van der Waals surface area contributed by atoms with Gasteiger partial charge in [-0.05, 0) is 56.0 Å². The van der Waals surface area contributed by atoms with Gasteiger partial charge >= 0.3 is 0 Å². The van der Waals surface area contributed by atoms with Gasteiger partial charge in [0.25, 0.3) is 0 Å². The average Bonchev–Trinajstić information content (AvgIpc) is 3.22. The normalized spacial score (nSPS) is 9.89. The Hall–Kier alpha value is -3.78. The molecule has 4 aromatic rings. The van der Waals surface area contributed by atoms with Gasteiger partial charge in [-0.3, -0.25) is 14.9 Å². The average molecular weight is 522 g/mol. The Morgan fingerprint density at radius 3 is 2.35 bits per heavy atom. The molecule has 0 spiro atoms. The second kappa shape index (κ2) is 15.4. The van der Waals surface area contributed by atoms with E-state index < -0.39 is 0 Å². The summed E-state index contributed by atoms with van der Waals surface area (Å²) >= 11 is 1.38. The van der Waals surface area contributed by atoms with Crippen molar-refractivity contribution >= 4 is 35.1 Å². The summed E-state index contributed by atoms with van der Waals surface area (Å²) in [6.07, 6.45) is 2.18. The minimum atomic E-state index is -0.243. The Bertz CT molecular complexity index is 1290. The molecule has 1 heterocycles. The molecule has 0 bridgehead atoms. The topological polar surface area (TPSA) is 82.5 Å². The number of hydrogen-bond donors (Lipinski definition) is 1. The van der Waals surface area contributed by atoms with Crippen LogP contribution in [0.1, 0.15) is 30.8 Å². The van der Waals surface area contributed by atoms with E-state index in [9.17, 15) is 9.59 Å². The number of nitrogens with zero attached hydrogens (tertiary/aromatic N) is 2. The number of amides is 2. The number of fused-ring (bicyclic) bond motifs is 1. The lowest BCUT2D eigenvalue weighted by molar-refractivity contribution is -0.123. The third kappa shape index (κ3) is 8.99. The van der Waals surface area contributed by atoms with Crippen LogP contribution in [0.2, 0.25) is 0 Å². The number of benzene rings is 3. The van der Waals surface area contributed by atoms with Gasteiger partial charge in [-0.1, -0.05) is 49.7 Å². The zero-order valence-corrected chi connectivity index (χ0v) is 23.1. The Kier molecular flexibility index (Phi) is 12.2. The molecule has 0 atom stereocenters. The van der Waals surface area contributed by atoms with E-state index in [1.54, 1.807) is 6.26 Å². The lowest BCUT2D eigenvalue weighted by Crippen LogP contribution is -2.22. The molecule has 0 aliphatic heterocycles. The summed E-state index contributed by atoms with van der Waals surface area (Å²) in [5.74, 6) is 3.48. The van der Waals surface area contributed by atoms with Gasteiger partial charge in [-0.2, -0.15) is 11.8 Å². The van der Waals surface area contributed by atoms with Crippen LogP contribution < -0.4 is 14.8 Å². The molecule has 1 aromatic heterocycles. The summed E-state index contributed by atoms with van der Waals surface area (Å²) in [5, 5.41) is 2.01. The van der Waals surface area contributed by atoms with Crippen molar-refractivity contribution in [3.63, 3.8) is 0 Å². The van der Waals surface area contributed by atoms with Crippen LogP contribution in [0.15, 0.2) is 66.7 Å². The highest BCUT2D eigenvalue weighted by atomic mass is 32.2. The number of aryl methyl sites for hydroxylation is 3. The molecule has 0 unspecified atom stereocenters. The number of imide groups is 1. The molecule has 1 N–H and O–H groups in total. The maximum Gasteiger partial charge on any atom is 0.236 e. The van der Waals surface area contributed by atoms with Crippen molar-refractivity contribution < 1.29 is 19.1 Å². The zero-order chi connectivity index (χ0) is 27.2. The van der Waals surface area contributed by atoms with E-state index in [1.807, 2.05) is 104 Å². The fourth-order valence-corrected chi connectivity index (χ4v) is 3.58. The molecule has 2 amide bonds. The van der Waals surface area contributed by atoms with Crippen molar-refractivity contribution in [2.24, 2.45) is 7.05 Å². The highest BCUT2D eigenvalue weighted by molar-refractivity contribution is 7.99. The number of carbonyl (C=O) groups excluding carboxylic acids is 2. The number of thioether (sulfide) groups is 1. The van der Waals surface area contributed by atoms with Crippen LogP contribution in [0.25, 0.3) is 11.0 Å². The predicted octanol–water partition coefficient (Wildman–Crippen LogP) is 6.21. The number of nitrogens with one attached hydrogen (secondary N) is 1. The first-order valence-electron chi connectivity index (χ1n) is 12.0. The third-order valence-corrected chi connectivity index (χ3v) is 5.70. The van der Waals surface area contributed by atoms with Gasteiger partial charge < -0.3 is 14.0 Å². The molecular weight excluding hydrogens is 486 g/mol. The fourth-order valence-electron chi connectivity index (χ4n) is 3.23. The van der Waals surface area contributed by atoms with E-state index >= 15 is 0 Å². The maximum atomic E-state index is 10.3. The zero-order valence-electron chi connectivity index (χ0n) is 22.3. The molecule has 0 aliphatic rings. The fraction of sp³-hybridized carbons (Fsp3) is 0.276. The van der Waals surface area contributed by atoms with Crippen LogP contribution in [0.5, 0.6) is 17.2 Å². The molecule has 7 nitrogen and oxygen atoms in total. The summed E-state index contributed by atoms with van der Waals surface area (Å²) in [7, 11) is 2.00. The number of ether oxygens (including phenoxy) is 2. The monoisotopic (exact) mass is 521 g/mol. The van der Waals surface area contributed by atoms with Crippen molar-refractivity contribution in [2.75, 3.05) is 12.0 Å². The maximum absolute atomic E-state index is 10.3. The number of para-hydroxylation sites is 1. The summed E-state index contributed by atoms with van der Waals surface area (Å²) < 4.78 is 14.0. The van der Waals surface area contributed by atoms with Gasteiger partial charge in [0, 0.05) is 13.1 Å². The smallest absolute Gasteiger partial charge is 0.236 e. The van der Waals surface area contributed by atoms with Crippen LogP contribution in [-0.4, -0.2) is 33.9 Å². The largest absolute Gasteiger partial charge is 0.486 e. The Labute approximate surface area is 223 Å². The van der Waals surface area contributed by atoms with Crippen LogP contribution in [-0.2, 0) is 23.2 Å². The van der Waals surface area contributed by atoms with E-state index in [2.05, 4.69) is 6.92 Å². The Morgan fingerprint density at radius 1 is 1.03 bits per heavy atom. The third-order valence-electron chi connectivity index (χ3n) is 5.15. The number of carbonyl (C=O) groups is 2. The highest BCUT2D eigenvalue weighted by Gasteiger charge is 2.10. The van der Waals surface area contributed by atoms with Gasteiger partial charge in [0.05, 0.1) is 16.8 Å². The quantitative estimate of drug-likeness (QED) is 0.278. The van der Waals surface area contributed by atoms with Crippen molar-refractivity contribution in [3.8, 4) is 17.2 Å². The molecule has 0 saturated heterocycles. The molecular formula is C29H35N3O4S. The van der Waals surface area contributed by atoms with E-state index in [-0.39, 0.29) is 5.91 Å². The minimum absolute atomic E-state index is 0.243. The van der Waals surface area contributed by atoms with Crippen molar-refractivity contribution in [1.82, 2.24) is 14.9 Å².